The Hall–Kier alpha value is -3.75. The van der Waals surface area contributed by atoms with E-state index in [4.69, 9.17) is 4.74 Å². The molecular formula is C25H28FN5O3. The summed E-state index contributed by atoms with van der Waals surface area (Å²) in [6.45, 7) is 7.22. The van der Waals surface area contributed by atoms with E-state index in [1.165, 1.54) is 12.1 Å². The number of hydrogen-bond donors (Lipinski definition) is 0. The van der Waals surface area contributed by atoms with E-state index in [0.29, 0.717) is 31.9 Å². The molecule has 0 N–H and O–H groups in total. The van der Waals surface area contributed by atoms with E-state index >= 15 is 0 Å². The predicted molar refractivity (Wildman–Crippen MR) is 125 cm³/mol. The van der Waals surface area contributed by atoms with E-state index in [0.717, 1.165) is 16.8 Å². The summed E-state index contributed by atoms with van der Waals surface area (Å²) < 4.78 is 20.6. The number of piperazine rings is 1. The van der Waals surface area contributed by atoms with Crippen molar-refractivity contribution < 1.29 is 18.7 Å². The fourth-order valence-electron chi connectivity index (χ4n) is 3.85. The van der Waals surface area contributed by atoms with E-state index in [2.05, 4.69) is 10.1 Å². The summed E-state index contributed by atoms with van der Waals surface area (Å²) >= 11 is 0. The van der Waals surface area contributed by atoms with Crippen molar-refractivity contribution in [3.8, 4) is 16.9 Å². The van der Waals surface area contributed by atoms with Crippen LogP contribution in [0.5, 0.6) is 0 Å². The second-order valence-electron chi connectivity index (χ2n) is 9.17. The average Bonchev–Trinajstić information content (AvgIpc) is 3.22. The Morgan fingerprint density at radius 2 is 1.59 bits per heavy atom. The molecule has 8 nitrogen and oxygen atoms in total. The molecule has 1 aliphatic heterocycles. The molecule has 0 spiro atoms. The van der Waals surface area contributed by atoms with Gasteiger partial charge in [0, 0.05) is 49.7 Å². The highest BCUT2D eigenvalue weighted by Crippen LogP contribution is 2.27. The molecule has 9 heteroatoms. The summed E-state index contributed by atoms with van der Waals surface area (Å²) in [6.07, 6.45) is 4.83. The molecule has 0 atom stereocenters. The van der Waals surface area contributed by atoms with Gasteiger partial charge in [-0.3, -0.25) is 9.78 Å². The Morgan fingerprint density at radius 3 is 2.21 bits per heavy atom. The van der Waals surface area contributed by atoms with Crippen LogP contribution < -0.4 is 0 Å². The molecule has 3 aromatic rings. The van der Waals surface area contributed by atoms with Crippen molar-refractivity contribution in [2.45, 2.75) is 32.8 Å². The van der Waals surface area contributed by atoms with Crippen molar-refractivity contribution in [2.75, 3.05) is 26.2 Å². The van der Waals surface area contributed by atoms with Crippen molar-refractivity contribution in [1.29, 1.82) is 0 Å². The first-order chi connectivity index (χ1) is 16.2. The fraction of sp³-hybridized carbons (Fsp3) is 0.360. The molecule has 4 rings (SSSR count). The highest BCUT2D eigenvalue weighted by atomic mass is 19.1. The monoisotopic (exact) mass is 465 g/mol. The van der Waals surface area contributed by atoms with Crippen molar-refractivity contribution >= 4 is 12.0 Å². The third-order valence-electron chi connectivity index (χ3n) is 5.50. The molecule has 1 fully saturated rings. The molecular weight excluding hydrogens is 437 g/mol. The van der Waals surface area contributed by atoms with Crippen molar-refractivity contribution in [3.05, 3.63) is 66.4 Å². The number of pyridine rings is 1. The van der Waals surface area contributed by atoms with Gasteiger partial charge in [-0.2, -0.15) is 5.10 Å². The minimum atomic E-state index is -0.557. The van der Waals surface area contributed by atoms with Gasteiger partial charge in [-0.05, 0) is 57.2 Å². The Labute approximate surface area is 198 Å². The summed E-state index contributed by atoms with van der Waals surface area (Å²) in [6, 6.07) is 9.75. The first-order valence-electron chi connectivity index (χ1n) is 11.2. The first kappa shape index (κ1) is 23.4. The minimum Gasteiger partial charge on any atom is -0.444 e. The van der Waals surface area contributed by atoms with Crippen LogP contribution in [0.1, 0.15) is 26.3 Å². The number of ether oxygens (including phenoxy) is 1. The van der Waals surface area contributed by atoms with Gasteiger partial charge in [-0.1, -0.05) is 0 Å². The van der Waals surface area contributed by atoms with Crippen LogP contribution in [-0.4, -0.2) is 68.3 Å². The van der Waals surface area contributed by atoms with Gasteiger partial charge in [0.15, 0.2) is 0 Å². The summed E-state index contributed by atoms with van der Waals surface area (Å²) in [5.41, 5.74) is 2.51. The van der Waals surface area contributed by atoms with Gasteiger partial charge in [0.25, 0.3) is 0 Å². The third-order valence-corrected chi connectivity index (χ3v) is 5.50. The second kappa shape index (κ2) is 9.62. The topological polar surface area (TPSA) is 80.6 Å². The molecule has 0 aliphatic carbocycles. The second-order valence-corrected chi connectivity index (χ2v) is 9.17. The number of amides is 2. The standard InChI is InChI=1S/C25H28FN5O3/c1-25(2,3)34-24(33)30-14-12-29(13-15-30)22(32)16-19-17-28-31(21-6-4-20(26)5-7-21)23(19)18-8-10-27-11-9-18/h4-11,17H,12-16H2,1-3H3. The lowest BCUT2D eigenvalue weighted by Crippen LogP contribution is -2.52. The SMILES string of the molecule is CC(C)(C)OC(=O)N1CCN(C(=O)Cc2cnn(-c3ccc(F)cc3)c2-c2ccncc2)CC1. The van der Waals surface area contributed by atoms with Crippen LogP contribution in [-0.2, 0) is 16.0 Å². The lowest BCUT2D eigenvalue weighted by molar-refractivity contribution is -0.132. The maximum absolute atomic E-state index is 13.4. The largest absolute Gasteiger partial charge is 0.444 e. The van der Waals surface area contributed by atoms with Crippen LogP contribution in [0.4, 0.5) is 9.18 Å². The number of carbonyl (C=O) groups is 2. The van der Waals surface area contributed by atoms with Crippen LogP contribution >= 0.6 is 0 Å². The fourth-order valence-corrected chi connectivity index (χ4v) is 3.85. The molecule has 0 saturated carbocycles. The summed E-state index contributed by atoms with van der Waals surface area (Å²) in [5, 5.41) is 4.49. The number of halogens is 1. The molecule has 178 valence electrons. The van der Waals surface area contributed by atoms with Crippen LogP contribution in [0.3, 0.4) is 0 Å². The third kappa shape index (κ3) is 5.41. The molecule has 34 heavy (non-hydrogen) atoms. The van der Waals surface area contributed by atoms with Gasteiger partial charge in [0.1, 0.15) is 11.4 Å². The number of hydrogen-bond acceptors (Lipinski definition) is 5. The predicted octanol–water partition coefficient (Wildman–Crippen LogP) is 3.70. The summed E-state index contributed by atoms with van der Waals surface area (Å²) in [4.78, 5) is 32.9. The number of benzene rings is 1. The number of nitrogens with zero attached hydrogens (tertiary/aromatic N) is 5. The van der Waals surface area contributed by atoms with Crippen LogP contribution in [0.2, 0.25) is 0 Å². The summed E-state index contributed by atoms with van der Waals surface area (Å²) in [5.74, 6) is -0.375. The average molecular weight is 466 g/mol. The van der Waals surface area contributed by atoms with E-state index in [-0.39, 0.29) is 24.2 Å². The first-order valence-corrected chi connectivity index (χ1v) is 11.2. The lowest BCUT2D eigenvalue weighted by Gasteiger charge is -2.35. The van der Waals surface area contributed by atoms with Gasteiger partial charge < -0.3 is 14.5 Å². The zero-order valence-corrected chi connectivity index (χ0v) is 19.6. The van der Waals surface area contributed by atoms with E-state index in [9.17, 15) is 14.0 Å². The summed E-state index contributed by atoms with van der Waals surface area (Å²) in [7, 11) is 0. The number of aromatic nitrogens is 3. The molecule has 0 bridgehead atoms. The molecule has 2 amide bonds. The van der Waals surface area contributed by atoms with E-state index in [1.807, 2.05) is 32.9 Å². The molecule has 1 saturated heterocycles. The van der Waals surface area contributed by atoms with Crippen molar-refractivity contribution in [1.82, 2.24) is 24.6 Å². The minimum absolute atomic E-state index is 0.0437. The number of rotatable bonds is 4. The maximum atomic E-state index is 13.4. The lowest BCUT2D eigenvalue weighted by atomic mass is 10.1. The Bertz CT molecular complexity index is 1150. The van der Waals surface area contributed by atoms with Gasteiger partial charge in [0.2, 0.25) is 5.91 Å². The normalized spacial score (nSPS) is 14.2. The van der Waals surface area contributed by atoms with E-state index in [1.54, 1.807) is 45.2 Å². The van der Waals surface area contributed by atoms with Crippen LogP contribution in [0.25, 0.3) is 16.9 Å². The Kier molecular flexibility index (Phi) is 6.63. The van der Waals surface area contributed by atoms with Crippen molar-refractivity contribution in [2.24, 2.45) is 0 Å². The molecule has 2 aromatic heterocycles. The van der Waals surface area contributed by atoms with Gasteiger partial charge >= 0.3 is 6.09 Å². The van der Waals surface area contributed by atoms with E-state index < -0.39 is 5.60 Å². The molecule has 1 aliphatic rings. The smallest absolute Gasteiger partial charge is 0.410 e. The zero-order chi connectivity index (χ0) is 24.3. The Balaban J connectivity index is 1.50. The molecule has 1 aromatic carbocycles. The molecule has 0 unspecified atom stereocenters. The number of carbonyl (C=O) groups excluding carboxylic acids is 2. The van der Waals surface area contributed by atoms with Gasteiger partial charge in [0.05, 0.1) is 24.0 Å². The van der Waals surface area contributed by atoms with Crippen LogP contribution in [0.15, 0.2) is 55.0 Å². The highest BCUT2D eigenvalue weighted by molar-refractivity contribution is 5.82. The molecule has 0 radical (unpaired) electrons. The maximum Gasteiger partial charge on any atom is 0.410 e. The quantitative estimate of drug-likeness (QED) is 0.587. The zero-order valence-electron chi connectivity index (χ0n) is 19.6. The van der Waals surface area contributed by atoms with Gasteiger partial charge in [-0.25, -0.2) is 13.9 Å². The van der Waals surface area contributed by atoms with Crippen molar-refractivity contribution in [3.63, 3.8) is 0 Å². The van der Waals surface area contributed by atoms with Gasteiger partial charge in [-0.15, -0.1) is 0 Å². The Morgan fingerprint density at radius 1 is 0.971 bits per heavy atom. The molecule has 3 heterocycles. The highest BCUT2D eigenvalue weighted by Gasteiger charge is 2.28. The van der Waals surface area contributed by atoms with Crippen LogP contribution in [0, 0.1) is 5.82 Å².